The van der Waals surface area contributed by atoms with Crippen molar-refractivity contribution in [3.8, 4) is 22.4 Å². The van der Waals surface area contributed by atoms with E-state index in [4.69, 9.17) is 4.98 Å². The van der Waals surface area contributed by atoms with E-state index in [1.54, 1.807) is 0 Å². The van der Waals surface area contributed by atoms with Crippen molar-refractivity contribution in [3.63, 3.8) is 0 Å². The second-order valence-corrected chi connectivity index (χ2v) is 11.3. The molecule has 1 nitrogen and oxygen atoms in total. The molecule has 0 amide bonds. The fourth-order valence-electron chi connectivity index (χ4n) is 7.00. The van der Waals surface area contributed by atoms with E-state index in [1.807, 2.05) is 0 Å². The standard InChI is InChI=1S/C33H31F2N/c1-20-14-28-26-9-5-4-8-23(26)17-29(28)30(15-20)32-27-16-22(25-12-13-33(34,35)19-25)10-11-24(27)18-31(36-32)21-6-2-3-7-21/h4-5,8-11,14-16,18,21,25H,2-3,6-7,12-13,17,19H2,1H3. The lowest BCUT2D eigenvalue weighted by atomic mass is 9.89. The highest BCUT2D eigenvalue weighted by Crippen LogP contribution is 2.47. The molecule has 182 valence electrons. The van der Waals surface area contributed by atoms with E-state index in [0.29, 0.717) is 12.3 Å². The average molecular weight is 480 g/mol. The van der Waals surface area contributed by atoms with Gasteiger partial charge in [0.05, 0.1) is 5.69 Å². The molecule has 0 N–H and O–H groups in total. The number of alkyl halides is 2. The lowest BCUT2D eigenvalue weighted by Gasteiger charge is -2.18. The fourth-order valence-corrected chi connectivity index (χ4v) is 7.00. The maximum Gasteiger partial charge on any atom is 0.248 e. The van der Waals surface area contributed by atoms with Crippen LogP contribution in [-0.2, 0) is 6.42 Å². The van der Waals surface area contributed by atoms with Crippen LogP contribution in [0.15, 0.2) is 60.7 Å². The number of hydrogen-bond acceptors (Lipinski definition) is 1. The Morgan fingerprint density at radius 1 is 0.833 bits per heavy atom. The molecule has 3 heteroatoms. The van der Waals surface area contributed by atoms with Gasteiger partial charge in [0.25, 0.3) is 0 Å². The Labute approximate surface area is 211 Å². The third-order valence-corrected chi connectivity index (χ3v) is 8.85. The molecule has 0 bridgehead atoms. The van der Waals surface area contributed by atoms with Gasteiger partial charge in [0.1, 0.15) is 0 Å². The molecular weight excluding hydrogens is 448 g/mol. The number of rotatable bonds is 3. The molecule has 7 rings (SSSR count). The van der Waals surface area contributed by atoms with Gasteiger partial charge < -0.3 is 0 Å². The summed E-state index contributed by atoms with van der Waals surface area (Å²) in [6, 6.07) is 22.0. The number of halogens is 2. The van der Waals surface area contributed by atoms with E-state index < -0.39 is 5.92 Å². The van der Waals surface area contributed by atoms with Gasteiger partial charge in [-0.15, -0.1) is 0 Å². The molecule has 1 atom stereocenters. The summed E-state index contributed by atoms with van der Waals surface area (Å²) in [4.78, 5) is 5.38. The molecule has 36 heavy (non-hydrogen) atoms. The molecule has 3 aliphatic rings. The summed E-state index contributed by atoms with van der Waals surface area (Å²) in [5, 5.41) is 2.29. The van der Waals surface area contributed by atoms with Gasteiger partial charge >= 0.3 is 0 Å². The first-order valence-electron chi connectivity index (χ1n) is 13.5. The molecule has 1 unspecified atom stereocenters. The summed E-state index contributed by atoms with van der Waals surface area (Å²) in [5.41, 5.74) is 11.0. The molecule has 2 fully saturated rings. The van der Waals surface area contributed by atoms with Crippen molar-refractivity contribution in [2.75, 3.05) is 0 Å². The third kappa shape index (κ3) is 3.67. The minimum absolute atomic E-state index is 0.00885. The molecular formula is C33H31F2N. The van der Waals surface area contributed by atoms with Crippen LogP contribution in [0.3, 0.4) is 0 Å². The Bertz CT molecular complexity index is 1500. The van der Waals surface area contributed by atoms with Crippen LogP contribution in [0.5, 0.6) is 0 Å². The zero-order valence-corrected chi connectivity index (χ0v) is 20.8. The lowest BCUT2D eigenvalue weighted by molar-refractivity contribution is 0.00777. The van der Waals surface area contributed by atoms with Crippen LogP contribution in [0.4, 0.5) is 8.78 Å². The highest BCUT2D eigenvalue weighted by molar-refractivity contribution is 5.98. The van der Waals surface area contributed by atoms with Crippen LogP contribution < -0.4 is 0 Å². The van der Waals surface area contributed by atoms with E-state index in [0.717, 1.165) is 23.1 Å². The van der Waals surface area contributed by atoms with Crippen molar-refractivity contribution in [3.05, 3.63) is 88.6 Å². The van der Waals surface area contributed by atoms with Crippen molar-refractivity contribution in [2.45, 2.75) is 76.0 Å². The highest BCUT2D eigenvalue weighted by Gasteiger charge is 2.40. The van der Waals surface area contributed by atoms with Crippen LogP contribution in [0.25, 0.3) is 33.2 Å². The molecule has 4 aromatic rings. The summed E-state index contributed by atoms with van der Waals surface area (Å²) in [6.07, 6.45) is 6.34. The van der Waals surface area contributed by atoms with Crippen LogP contribution in [-0.4, -0.2) is 10.9 Å². The first kappa shape index (κ1) is 22.2. The van der Waals surface area contributed by atoms with Gasteiger partial charge in [-0.25, -0.2) is 8.78 Å². The van der Waals surface area contributed by atoms with Crippen LogP contribution in [0.2, 0.25) is 0 Å². The van der Waals surface area contributed by atoms with Gasteiger partial charge in [-0.05, 0) is 95.5 Å². The normalized spacial score (nSPS) is 20.7. The molecule has 1 heterocycles. The number of aryl methyl sites for hydroxylation is 1. The Balaban J connectivity index is 1.44. The number of nitrogens with zero attached hydrogens (tertiary/aromatic N) is 1. The van der Waals surface area contributed by atoms with E-state index in [-0.39, 0.29) is 18.8 Å². The predicted molar refractivity (Wildman–Crippen MR) is 143 cm³/mol. The van der Waals surface area contributed by atoms with Crippen molar-refractivity contribution in [1.82, 2.24) is 4.98 Å². The lowest BCUT2D eigenvalue weighted by Crippen LogP contribution is -2.09. The maximum absolute atomic E-state index is 14.1. The van der Waals surface area contributed by atoms with Crippen LogP contribution in [0, 0.1) is 6.92 Å². The van der Waals surface area contributed by atoms with E-state index in [9.17, 15) is 8.78 Å². The van der Waals surface area contributed by atoms with Crippen molar-refractivity contribution >= 4 is 10.8 Å². The number of benzene rings is 3. The first-order chi connectivity index (χ1) is 17.4. The maximum atomic E-state index is 14.1. The van der Waals surface area contributed by atoms with E-state index >= 15 is 0 Å². The molecule has 2 saturated carbocycles. The third-order valence-electron chi connectivity index (χ3n) is 8.85. The smallest absolute Gasteiger partial charge is 0.248 e. The number of fused-ring (bicyclic) bond motifs is 4. The van der Waals surface area contributed by atoms with Gasteiger partial charge in [0, 0.05) is 35.4 Å². The Morgan fingerprint density at radius 2 is 1.64 bits per heavy atom. The summed E-state index contributed by atoms with van der Waals surface area (Å²) >= 11 is 0. The summed E-state index contributed by atoms with van der Waals surface area (Å²) in [5.74, 6) is -2.12. The average Bonchev–Trinajstić information content (AvgIpc) is 3.61. The van der Waals surface area contributed by atoms with Crippen molar-refractivity contribution in [1.29, 1.82) is 0 Å². The Morgan fingerprint density at radius 3 is 2.44 bits per heavy atom. The summed E-state index contributed by atoms with van der Waals surface area (Å²) < 4.78 is 28.2. The van der Waals surface area contributed by atoms with Crippen molar-refractivity contribution in [2.24, 2.45) is 0 Å². The van der Waals surface area contributed by atoms with E-state index in [2.05, 4.69) is 67.6 Å². The van der Waals surface area contributed by atoms with Gasteiger partial charge in [-0.2, -0.15) is 0 Å². The Hall–Kier alpha value is -3.07. The number of aromatic nitrogens is 1. The first-order valence-corrected chi connectivity index (χ1v) is 13.5. The largest absolute Gasteiger partial charge is 0.252 e. The molecule has 0 radical (unpaired) electrons. The molecule has 3 aliphatic carbocycles. The fraction of sp³-hybridized carbons (Fsp3) is 0.364. The van der Waals surface area contributed by atoms with Crippen LogP contribution in [0.1, 0.15) is 84.7 Å². The SMILES string of the molecule is Cc1cc2c(c(-c3nc(C4CCCC4)cc4ccc(C5CCC(F)(F)C5)cc34)c1)Cc1ccccc1-2. The second kappa shape index (κ2) is 8.23. The quantitative estimate of drug-likeness (QED) is 0.251. The zero-order valence-electron chi connectivity index (χ0n) is 20.8. The summed E-state index contributed by atoms with van der Waals surface area (Å²) in [6.45, 7) is 2.17. The molecule has 0 spiro atoms. The number of pyridine rings is 1. The topological polar surface area (TPSA) is 12.9 Å². The minimum Gasteiger partial charge on any atom is -0.252 e. The van der Waals surface area contributed by atoms with E-state index in [1.165, 1.54) is 70.1 Å². The summed E-state index contributed by atoms with van der Waals surface area (Å²) in [7, 11) is 0. The highest BCUT2D eigenvalue weighted by atomic mass is 19.3. The predicted octanol–water partition coefficient (Wildman–Crippen LogP) is 9.34. The van der Waals surface area contributed by atoms with Gasteiger partial charge in [-0.1, -0.05) is 55.3 Å². The molecule has 0 aliphatic heterocycles. The molecule has 0 saturated heterocycles. The molecule has 3 aromatic carbocycles. The van der Waals surface area contributed by atoms with Crippen LogP contribution >= 0.6 is 0 Å². The van der Waals surface area contributed by atoms with Gasteiger partial charge in [-0.3, -0.25) is 4.98 Å². The van der Waals surface area contributed by atoms with Gasteiger partial charge in [0.15, 0.2) is 0 Å². The Kier molecular flexibility index (Phi) is 5.06. The molecule has 1 aromatic heterocycles. The minimum atomic E-state index is -2.55. The second-order valence-electron chi connectivity index (χ2n) is 11.3. The van der Waals surface area contributed by atoms with Gasteiger partial charge in [0.2, 0.25) is 5.92 Å². The van der Waals surface area contributed by atoms with Crippen molar-refractivity contribution < 1.29 is 8.78 Å². The number of hydrogen-bond donors (Lipinski definition) is 0. The zero-order chi connectivity index (χ0) is 24.4. The monoisotopic (exact) mass is 479 g/mol.